The Morgan fingerprint density at radius 1 is 1.05 bits per heavy atom. The maximum atomic E-state index is 13.7. The van der Waals surface area contributed by atoms with Gasteiger partial charge in [-0.3, -0.25) is 0 Å². The molecule has 3 nitrogen and oxygen atoms in total. The van der Waals surface area contributed by atoms with Gasteiger partial charge in [-0.15, -0.1) is 0 Å². The number of hydrogen-bond acceptors (Lipinski definition) is 2. The van der Waals surface area contributed by atoms with E-state index in [4.69, 9.17) is 5.73 Å². The fourth-order valence-electron chi connectivity index (χ4n) is 2.46. The molecule has 2 N–H and O–H groups in total. The smallest absolute Gasteiger partial charge is 0.126 e. The second-order valence-corrected chi connectivity index (χ2v) is 4.71. The van der Waals surface area contributed by atoms with Crippen molar-refractivity contribution in [1.82, 2.24) is 9.55 Å². The van der Waals surface area contributed by atoms with Crippen LogP contribution in [0.25, 0.3) is 11.0 Å². The Kier molecular flexibility index (Phi) is 3.48. The van der Waals surface area contributed by atoms with Gasteiger partial charge in [-0.25, -0.2) is 9.37 Å². The predicted molar refractivity (Wildman–Crippen MR) is 77.7 cm³/mol. The molecule has 0 bridgehead atoms. The highest BCUT2D eigenvalue weighted by atomic mass is 19.1. The molecule has 0 aliphatic heterocycles. The average Bonchev–Trinajstić information content (AvgIpc) is 2.84. The fraction of sp³-hybridized carbons (Fsp3) is 0.188. The number of aryl methyl sites for hydroxylation is 2. The van der Waals surface area contributed by atoms with E-state index >= 15 is 0 Å². The van der Waals surface area contributed by atoms with E-state index in [2.05, 4.69) is 9.55 Å². The summed E-state index contributed by atoms with van der Waals surface area (Å²) in [5, 5.41) is 0. The van der Waals surface area contributed by atoms with Crippen molar-refractivity contribution in [3.8, 4) is 0 Å². The van der Waals surface area contributed by atoms with Crippen molar-refractivity contribution in [2.45, 2.75) is 19.5 Å². The zero-order valence-corrected chi connectivity index (χ0v) is 11.1. The summed E-state index contributed by atoms with van der Waals surface area (Å²) < 4.78 is 15.7. The molecule has 0 fully saturated rings. The molecule has 0 amide bonds. The van der Waals surface area contributed by atoms with Crippen molar-refractivity contribution < 1.29 is 4.39 Å². The van der Waals surface area contributed by atoms with E-state index in [-0.39, 0.29) is 5.82 Å². The first kappa shape index (κ1) is 12.8. The molecular formula is C16H16FN3. The van der Waals surface area contributed by atoms with Gasteiger partial charge in [0.15, 0.2) is 0 Å². The summed E-state index contributed by atoms with van der Waals surface area (Å²) in [5.41, 5.74) is 8.45. The summed E-state index contributed by atoms with van der Waals surface area (Å²) in [6, 6.07) is 14.8. The minimum Gasteiger partial charge on any atom is -0.327 e. The number of rotatable bonds is 4. The molecule has 0 radical (unpaired) electrons. The van der Waals surface area contributed by atoms with Gasteiger partial charge < -0.3 is 10.3 Å². The van der Waals surface area contributed by atoms with E-state index in [0.717, 1.165) is 16.9 Å². The minimum absolute atomic E-state index is 0.161. The average molecular weight is 269 g/mol. The van der Waals surface area contributed by atoms with Gasteiger partial charge in [-0.2, -0.15) is 0 Å². The van der Waals surface area contributed by atoms with Crippen LogP contribution >= 0.6 is 0 Å². The molecule has 0 unspecified atom stereocenters. The molecule has 1 heterocycles. The van der Waals surface area contributed by atoms with Crippen LogP contribution in [0.15, 0.2) is 48.5 Å². The highest BCUT2D eigenvalue weighted by Gasteiger charge is 2.09. The van der Waals surface area contributed by atoms with Gasteiger partial charge in [0, 0.05) is 6.54 Å². The number of hydrogen-bond donors (Lipinski definition) is 1. The molecule has 0 atom stereocenters. The summed E-state index contributed by atoms with van der Waals surface area (Å²) in [4.78, 5) is 4.51. The lowest BCUT2D eigenvalue weighted by atomic mass is 10.1. The number of nitrogens with two attached hydrogens (primary N) is 1. The third-order valence-electron chi connectivity index (χ3n) is 3.48. The molecule has 3 aromatic rings. The quantitative estimate of drug-likeness (QED) is 0.791. The second-order valence-electron chi connectivity index (χ2n) is 4.71. The maximum Gasteiger partial charge on any atom is 0.126 e. The number of nitrogens with zero attached hydrogens (tertiary/aromatic N) is 2. The molecule has 2 aromatic carbocycles. The molecule has 0 aliphatic rings. The van der Waals surface area contributed by atoms with E-state index in [1.807, 2.05) is 36.4 Å². The number of halogens is 1. The van der Waals surface area contributed by atoms with Crippen LogP contribution in [-0.4, -0.2) is 9.55 Å². The molecule has 0 spiro atoms. The predicted octanol–water partition coefficient (Wildman–Crippen LogP) is 2.88. The molecule has 20 heavy (non-hydrogen) atoms. The van der Waals surface area contributed by atoms with E-state index < -0.39 is 0 Å². The Morgan fingerprint density at radius 2 is 1.80 bits per heavy atom. The lowest BCUT2D eigenvalue weighted by molar-refractivity contribution is 0.590. The zero-order chi connectivity index (χ0) is 13.9. The minimum atomic E-state index is -0.161. The van der Waals surface area contributed by atoms with Crippen molar-refractivity contribution in [3.63, 3.8) is 0 Å². The Labute approximate surface area is 116 Å². The SMILES string of the molecule is NCc1nc2ccccc2n1CCc1ccccc1F. The summed E-state index contributed by atoms with van der Waals surface area (Å²) in [6.07, 6.45) is 0.625. The lowest BCUT2D eigenvalue weighted by Gasteiger charge is -2.08. The largest absolute Gasteiger partial charge is 0.327 e. The van der Waals surface area contributed by atoms with Crippen molar-refractivity contribution in [2.75, 3.05) is 0 Å². The van der Waals surface area contributed by atoms with Gasteiger partial charge in [0.05, 0.1) is 17.6 Å². The molecule has 102 valence electrons. The van der Waals surface area contributed by atoms with Crippen LogP contribution in [0.1, 0.15) is 11.4 Å². The van der Waals surface area contributed by atoms with Gasteiger partial charge in [0.1, 0.15) is 11.6 Å². The molecule has 0 saturated carbocycles. The van der Waals surface area contributed by atoms with E-state index in [1.54, 1.807) is 6.07 Å². The Balaban J connectivity index is 1.92. The van der Waals surface area contributed by atoms with Crippen LogP contribution in [0.5, 0.6) is 0 Å². The van der Waals surface area contributed by atoms with Crippen molar-refractivity contribution in [1.29, 1.82) is 0 Å². The highest BCUT2D eigenvalue weighted by molar-refractivity contribution is 5.75. The monoisotopic (exact) mass is 269 g/mol. The topological polar surface area (TPSA) is 43.8 Å². The first-order valence-corrected chi connectivity index (χ1v) is 6.67. The van der Waals surface area contributed by atoms with Gasteiger partial charge in [0.25, 0.3) is 0 Å². The second kappa shape index (κ2) is 5.43. The number of fused-ring (bicyclic) bond motifs is 1. The Morgan fingerprint density at radius 3 is 2.60 bits per heavy atom. The van der Waals surface area contributed by atoms with E-state index in [9.17, 15) is 4.39 Å². The van der Waals surface area contributed by atoms with Gasteiger partial charge in [-0.1, -0.05) is 30.3 Å². The molecule has 0 aliphatic carbocycles. The molecule has 4 heteroatoms. The summed E-state index contributed by atoms with van der Waals surface area (Å²) in [6.45, 7) is 1.06. The molecule has 1 aromatic heterocycles. The van der Waals surface area contributed by atoms with Crippen molar-refractivity contribution >= 4 is 11.0 Å². The first-order chi connectivity index (χ1) is 9.79. The standard InChI is InChI=1S/C16H16FN3/c17-13-6-2-1-5-12(13)9-10-20-15-8-4-3-7-14(15)19-16(20)11-18/h1-8H,9-11,18H2. The van der Waals surface area contributed by atoms with Crippen LogP contribution < -0.4 is 5.73 Å². The van der Waals surface area contributed by atoms with E-state index in [0.29, 0.717) is 25.1 Å². The molecular weight excluding hydrogens is 253 g/mol. The summed E-state index contributed by atoms with van der Waals surface area (Å²) >= 11 is 0. The van der Waals surface area contributed by atoms with Crippen LogP contribution in [0.2, 0.25) is 0 Å². The van der Waals surface area contributed by atoms with Gasteiger partial charge in [-0.05, 0) is 30.2 Å². The number of imidazole rings is 1. The Hall–Kier alpha value is -2.20. The van der Waals surface area contributed by atoms with Crippen LogP contribution in [-0.2, 0) is 19.5 Å². The lowest BCUT2D eigenvalue weighted by Crippen LogP contribution is -2.10. The molecule has 0 saturated heterocycles. The normalized spacial score (nSPS) is 11.1. The van der Waals surface area contributed by atoms with Crippen LogP contribution in [0.4, 0.5) is 4.39 Å². The first-order valence-electron chi connectivity index (χ1n) is 6.67. The van der Waals surface area contributed by atoms with Crippen molar-refractivity contribution in [2.24, 2.45) is 5.73 Å². The number of aromatic nitrogens is 2. The number of benzene rings is 2. The highest BCUT2D eigenvalue weighted by Crippen LogP contribution is 2.17. The van der Waals surface area contributed by atoms with Gasteiger partial charge >= 0.3 is 0 Å². The Bertz CT molecular complexity index is 733. The summed E-state index contributed by atoms with van der Waals surface area (Å²) in [5.74, 6) is 0.675. The van der Waals surface area contributed by atoms with Gasteiger partial charge in [0.2, 0.25) is 0 Å². The maximum absolute atomic E-state index is 13.7. The van der Waals surface area contributed by atoms with Crippen LogP contribution in [0.3, 0.4) is 0 Å². The third-order valence-corrected chi connectivity index (χ3v) is 3.48. The molecule has 3 rings (SSSR count). The number of para-hydroxylation sites is 2. The zero-order valence-electron chi connectivity index (χ0n) is 11.1. The summed E-state index contributed by atoms with van der Waals surface area (Å²) in [7, 11) is 0. The van der Waals surface area contributed by atoms with E-state index in [1.165, 1.54) is 6.07 Å². The third kappa shape index (κ3) is 2.30. The fourth-order valence-corrected chi connectivity index (χ4v) is 2.46. The van der Waals surface area contributed by atoms with Crippen molar-refractivity contribution in [3.05, 3.63) is 65.7 Å². The van der Waals surface area contributed by atoms with Crippen LogP contribution in [0, 0.1) is 5.82 Å².